The van der Waals surface area contributed by atoms with E-state index >= 15 is 0 Å². The van der Waals surface area contributed by atoms with Crippen molar-refractivity contribution in [2.24, 2.45) is 4.99 Å². The number of nitrogens with zero attached hydrogens (tertiary/aromatic N) is 1. The monoisotopic (exact) mass is 548 g/mol. The molecule has 0 radical (unpaired) electrons. The molecule has 2 aromatic carbocycles. The molecule has 2 aromatic rings. The van der Waals surface area contributed by atoms with Crippen molar-refractivity contribution in [3.63, 3.8) is 0 Å². The van der Waals surface area contributed by atoms with Gasteiger partial charge < -0.3 is 10.6 Å². The molecule has 166 valence electrons. The predicted octanol–water partition coefficient (Wildman–Crippen LogP) is 3.14. The van der Waals surface area contributed by atoms with Gasteiger partial charge in [-0.15, -0.1) is 24.0 Å². The Kier molecular flexibility index (Phi) is 10.2. The molecule has 3 N–H and O–H groups in total. The minimum Gasteiger partial charge on any atom is -0.356 e. The molecule has 0 aromatic heterocycles. The molecule has 0 unspecified atom stereocenters. The number of rotatable bonds is 8. The van der Waals surface area contributed by atoms with Gasteiger partial charge in [0.15, 0.2) is 5.96 Å². The highest BCUT2D eigenvalue weighted by atomic mass is 127. The molecule has 9 heteroatoms. The van der Waals surface area contributed by atoms with E-state index in [1.807, 2.05) is 32.0 Å². The number of hydrogen-bond donors (Lipinski definition) is 3. The Morgan fingerprint density at radius 1 is 1.07 bits per heavy atom. The number of benzene rings is 2. The van der Waals surface area contributed by atoms with Gasteiger partial charge in [0.1, 0.15) is 5.82 Å². The number of sulfonamides is 1. The second-order valence-electron chi connectivity index (χ2n) is 7.45. The first-order valence-corrected chi connectivity index (χ1v) is 11.0. The van der Waals surface area contributed by atoms with Crippen molar-refractivity contribution >= 4 is 40.0 Å². The Morgan fingerprint density at radius 3 is 2.27 bits per heavy atom. The highest BCUT2D eigenvalue weighted by molar-refractivity contribution is 14.0. The highest BCUT2D eigenvalue weighted by Gasteiger charge is 2.21. The molecule has 0 aliphatic rings. The predicted molar refractivity (Wildman–Crippen MR) is 131 cm³/mol. The SMILES string of the molecule is CN=C(NCc1ccc(CS(=O)(=O)NC)cc1)NCC(C)(C)c1cccc(F)c1.I. The molecule has 0 aliphatic carbocycles. The number of halogens is 2. The van der Waals surface area contributed by atoms with Crippen LogP contribution in [0.5, 0.6) is 0 Å². The largest absolute Gasteiger partial charge is 0.356 e. The maximum Gasteiger partial charge on any atom is 0.215 e. The molecule has 0 bridgehead atoms. The fourth-order valence-electron chi connectivity index (χ4n) is 2.77. The van der Waals surface area contributed by atoms with E-state index in [2.05, 4.69) is 20.3 Å². The molecule has 0 fully saturated rings. The average molecular weight is 548 g/mol. The number of guanidine groups is 1. The van der Waals surface area contributed by atoms with E-state index in [1.165, 1.54) is 13.1 Å². The van der Waals surface area contributed by atoms with Crippen LogP contribution < -0.4 is 15.4 Å². The van der Waals surface area contributed by atoms with E-state index in [0.29, 0.717) is 19.0 Å². The lowest BCUT2D eigenvalue weighted by molar-refractivity contribution is 0.503. The molecule has 0 atom stereocenters. The number of nitrogens with one attached hydrogen (secondary N) is 3. The summed E-state index contributed by atoms with van der Waals surface area (Å²) in [4.78, 5) is 4.23. The summed E-state index contributed by atoms with van der Waals surface area (Å²) >= 11 is 0. The number of aliphatic imine (C=N–C) groups is 1. The van der Waals surface area contributed by atoms with Crippen molar-refractivity contribution < 1.29 is 12.8 Å². The molecular weight excluding hydrogens is 518 g/mol. The van der Waals surface area contributed by atoms with Gasteiger partial charge in [0.25, 0.3) is 0 Å². The Balaban J connectivity index is 0.00000450. The summed E-state index contributed by atoms with van der Waals surface area (Å²) in [5.41, 5.74) is 2.36. The van der Waals surface area contributed by atoms with E-state index < -0.39 is 10.0 Å². The van der Waals surface area contributed by atoms with Gasteiger partial charge in [-0.05, 0) is 35.9 Å². The quantitative estimate of drug-likeness (QED) is 0.269. The zero-order chi connectivity index (χ0) is 21.5. The van der Waals surface area contributed by atoms with E-state index in [-0.39, 0.29) is 41.0 Å². The lowest BCUT2D eigenvalue weighted by Crippen LogP contribution is -2.43. The minimum absolute atomic E-state index is 0. The van der Waals surface area contributed by atoms with Gasteiger partial charge >= 0.3 is 0 Å². The highest BCUT2D eigenvalue weighted by Crippen LogP contribution is 2.22. The van der Waals surface area contributed by atoms with Gasteiger partial charge in [0, 0.05) is 25.6 Å². The van der Waals surface area contributed by atoms with Crippen molar-refractivity contribution in [2.45, 2.75) is 31.6 Å². The van der Waals surface area contributed by atoms with Gasteiger partial charge in [0.2, 0.25) is 10.0 Å². The van der Waals surface area contributed by atoms with Gasteiger partial charge in [0.05, 0.1) is 5.75 Å². The topological polar surface area (TPSA) is 82.6 Å². The first-order chi connectivity index (χ1) is 13.6. The van der Waals surface area contributed by atoms with Crippen LogP contribution in [-0.2, 0) is 27.7 Å². The van der Waals surface area contributed by atoms with Crippen molar-refractivity contribution in [1.29, 1.82) is 0 Å². The lowest BCUT2D eigenvalue weighted by Gasteiger charge is -2.27. The third-order valence-corrected chi connectivity index (χ3v) is 6.01. The van der Waals surface area contributed by atoms with Crippen LogP contribution in [0.4, 0.5) is 4.39 Å². The Morgan fingerprint density at radius 2 is 1.70 bits per heavy atom. The fraction of sp³-hybridized carbons (Fsp3) is 0.381. The van der Waals surface area contributed by atoms with Gasteiger partial charge in [-0.3, -0.25) is 4.99 Å². The van der Waals surface area contributed by atoms with Gasteiger partial charge in [-0.25, -0.2) is 17.5 Å². The maximum atomic E-state index is 13.5. The second-order valence-corrected chi connectivity index (χ2v) is 9.38. The molecule has 0 aliphatic heterocycles. The minimum atomic E-state index is -3.28. The standard InChI is InChI=1S/C21H29FN4O2S.HI/c1-21(2,18-6-5-7-19(22)12-18)15-26-20(23-3)25-13-16-8-10-17(11-9-16)14-29(27,28)24-4;/h5-12,24H,13-15H2,1-4H3,(H2,23,25,26);1H. The van der Waals surface area contributed by atoms with Crippen LogP contribution in [0, 0.1) is 5.82 Å². The lowest BCUT2D eigenvalue weighted by atomic mass is 9.84. The number of hydrogen-bond acceptors (Lipinski definition) is 3. The second kappa shape index (κ2) is 11.6. The molecule has 0 spiro atoms. The van der Waals surface area contributed by atoms with Crippen LogP contribution in [0.1, 0.15) is 30.5 Å². The Bertz CT molecular complexity index is 948. The van der Waals surface area contributed by atoms with E-state index in [9.17, 15) is 12.8 Å². The molecular formula is C21H30FIN4O2S. The molecule has 0 heterocycles. The van der Waals surface area contributed by atoms with Crippen molar-refractivity contribution in [2.75, 3.05) is 20.6 Å². The van der Waals surface area contributed by atoms with Gasteiger partial charge in [-0.1, -0.05) is 50.2 Å². The summed E-state index contributed by atoms with van der Waals surface area (Å²) in [6.45, 7) is 5.20. The average Bonchev–Trinajstić information content (AvgIpc) is 2.69. The zero-order valence-corrected chi connectivity index (χ0v) is 20.8. The van der Waals surface area contributed by atoms with Crippen molar-refractivity contribution in [1.82, 2.24) is 15.4 Å². The summed E-state index contributed by atoms with van der Waals surface area (Å²) in [6.07, 6.45) is 0. The van der Waals surface area contributed by atoms with E-state index in [4.69, 9.17) is 0 Å². The molecule has 0 saturated heterocycles. The summed E-state index contributed by atoms with van der Waals surface area (Å²) in [5, 5.41) is 6.51. The summed E-state index contributed by atoms with van der Waals surface area (Å²) < 4.78 is 39.1. The fourth-order valence-corrected chi connectivity index (χ4v) is 3.54. The molecule has 0 amide bonds. The van der Waals surface area contributed by atoms with Crippen molar-refractivity contribution in [3.8, 4) is 0 Å². The molecule has 6 nitrogen and oxygen atoms in total. The normalized spacial score (nSPS) is 12.2. The third kappa shape index (κ3) is 8.19. The van der Waals surface area contributed by atoms with Crippen LogP contribution in [0.2, 0.25) is 0 Å². The first-order valence-electron chi connectivity index (χ1n) is 9.35. The van der Waals surface area contributed by atoms with Crippen molar-refractivity contribution in [3.05, 3.63) is 71.0 Å². The summed E-state index contributed by atoms with van der Waals surface area (Å²) in [7, 11) is -0.185. The zero-order valence-electron chi connectivity index (χ0n) is 17.7. The van der Waals surface area contributed by atoms with Crippen LogP contribution in [-0.4, -0.2) is 35.0 Å². The first kappa shape index (κ1) is 26.3. The van der Waals surface area contributed by atoms with Gasteiger partial charge in [-0.2, -0.15) is 0 Å². The Labute approximate surface area is 195 Å². The van der Waals surface area contributed by atoms with E-state index in [0.717, 1.165) is 16.7 Å². The van der Waals surface area contributed by atoms with Crippen LogP contribution >= 0.6 is 24.0 Å². The molecule has 30 heavy (non-hydrogen) atoms. The summed E-state index contributed by atoms with van der Waals surface area (Å²) in [6, 6.07) is 14.0. The van der Waals surface area contributed by atoms with E-state index in [1.54, 1.807) is 31.3 Å². The molecule has 2 rings (SSSR count). The molecule has 0 saturated carbocycles. The third-order valence-electron chi connectivity index (χ3n) is 4.68. The van der Waals surface area contributed by atoms with Crippen LogP contribution in [0.25, 0.3) is 0 Å². The smallest absolute Gasteiger partial charge is 0.215 e. The Hall–Kier alpha value is -1.72. The summed E-state index contributed by atoms with van der Waals surface area (Å²) in [5.74, 6) is 0.343. The maximum absolute atomic E-state index is 13.5. The van der Waals surface area contributed by atoms with Crippen LogP contribution in [0.3, 0.4) is 0 Å². The van der Waals surface area contributed by atoms with Crippen LogP contribution in [0.15, 0.2) is 53.5 Å².